The molecule has 0 aromatic carbocycles. The highest BCUT2D eigenvalue weighted by Crippen LogP contribution is 2.24. The van der Waals surface area contributed by atoms with Crippen LogP contribution in [0.3, 0.4) is 0 Å². The second-order valence-corrected chi connectivity index (χ2v) is 6.65. The Balaban J connectivity index is 1.62. The summed E-state index contributed by atoms with van der Waals surface area (Å²) in [4.78, 5) is 24.1. The third-order valence-corrected chi connectivity index (χ3v) is 4.55. The Morgan fingerprint density at radius 1 is 1.48 bits per heavy atom. The SMILES string of the molecule is Cc1cnc(N2CCCC(NC(=O)c3cn(C)cn3)C2)s1. The predicted molar refractivity (Wildman–Crippen MR) is 82.8 cm³/mol. The van der Waals surface area contributed by atoms with Gasteiger partial charge >= 0.3 is 0 Å². The maximum absolute atomic E-state index is 12.2. The third-order valence-electron chi connectivity index (χ3n) is 3.57. The van der Waals surface area contributed by atoms with Gasteiger partial charge in [-0.25, -0.2) is 9.97 Å². The minimum absolute atomic E-state index is 0.0993. The molecule has 2 aromatic rings. The Morgan fingerprint density at radius 2 is 2.33 bits per heavy atom. The molecule has 1 fully saturated rings. The summed E-state index contributed by atoms with van der Waals surface area (Å²) < 4.78 is 1.78. The van der Waals surface area contributed by atoms with Crippen LogP contribution in [-0.2, 0) is 7.05 Å². The van der Waals surface area contributed by atoms with E-state index in [2.05, 4.69) is 27.1 Å². The molecule has 21 heavy (non-hydrogen) atoms. The van der Waals surface area contributed by atoms with Crippen LogP contribution >= 0.6 is 11.3 Å². The second-order valence-electron chi connectivity index (χ2n) is 5.44. The number of hydrogen-bond acceptors (Lipinski definition) is 5. The summed E-state index contributed by atoms with van der Waals surface area (Å²) in [6.07, 6.45) is 7.34. The van der Waals surface area contributed by atoms with Crippen molar-refractivity contribution in [3.05, 3.63) is 29.3 Å². The molecule has 1 aliphatic heterocycles. The molecule has 0 saturated carbocycles. The number of imidazole rings is 1. The summed E-state index contributed by atoms with van der Waals surface area (Å²) in [5, 5.41) is 4.12. The number of nitrogens with zero attached hydrogens (tertiary/aromatic N) is 4. The number of carbonyl (C=O) groups excluding carboxylic acids is 1. The van der Waals surface area contributed by atoms with Crippen LogP contribution in [0.2, 0.25) is 0 Å². The van der Waals surface area contributed by atoms with Crippen LogP contribution in [0.25, 0.3) is 0 Å². The number of thiazole rings is 1. The first-order valence-corrected chi connectivity index (χ1v) is 7.89. The maximum atomic E-state index is 12.2. The fraction of sp³-hybridized carbons (Fsp3) is 0.500. The van der Waals surface area contributed by atoms with E-state index < -0.39 is 0 Å². The standard InChI is InChI=1S/C14H19N5OS/c1-10-6-15-14(21-10)19-5-3-4-11(7-19)17-13(20)12-8-18(2)9-16-12/h6,8-9,11H,3-5,7H2,1-2H3,(H,17,20). The first-order chi connectivity index (χ1) is 10.1. The Bertz CT molecular complexity index is 635. The zero-order valence-corrected chi connectivity index (χ0v) is 13.1. The van der Waals surface area contributed by atoms with E-state index in [0.29, 0.717) is 5.69 Å². The number of anilines is 1. The van der Waals surface area contributed by atoms with Crippen molar-refractivity contribution in [1.29, 1.82) is 0 Å². The summed E-state index contributed by atoms with van der Waals surface area (Å²) in [5.41, 5.74) is 0.472. The van der Waals surface area contributed by atoms with Crippen molar-refractivity contribution in [3.8, 4) is 0 Å². The average molecular weight is 305 g/mol. The zero-order chi connectivity index (χ0) is 14.8. The second kappa shape index (κ2) is 5.85. The van der Waals surface area contributed by atoms with E-state index in [1.165, 1.54) is 4.88 Å². The molecule has 7 heteroatoms. The molecule has 1 aliphatic rings. The van der Waals surface area contributed by atoms with Crippen molar-refractivity contribution in [2.24, 2.45) is 7.05 Å². The molecule has 1 amide bonds. The van der Waals surface area contributed by atoms with Crippen LogP contribution in [-0.4, -0.2) is 39.6 Å². The van der Waals surface area contributed by atoms with E-state index in [-0.39, 0.29) is 11.9 Å². The molecule has 3 rings (SSSR count). The van der Waals surface area contributed by atoms with Gasteiger partial charge in [0.05, 0.1) is 6.33 Å². The smallest absolute Gasteiger partial charge is 0.271 e. The fourth-order valence-electron chi connectivity index (χ4n) is 2.55. The van der Waals surface area contributed by atoms with Crippen LogP contribution in [0.15, 0.2) is 18.7 Å². The molecule has 0 spiro atoms. The molecule has 0 aliphatic carbocycles. The summed E-state index contributed by atoms with van der Waals surface area (Å²) in [7, 11) is 1.86. The van der Waals surface area contributed by atoms with Gasteiger partial charge in [-0.2, -0.15) is 0 Å². The number of rotatable bonds is 3. The number of hydrogen-bond donors (Lipinski definition) is 1. The number of amides is 1. The Kier molecular flexibility index (Phi) is 3.92. The molecule has 1 saturated heterocycles. The van der Waals surface area contributed by atoms with Gasteiger partial charge in [0.15, 0.2) is 5.13 Å². The molecule has 2 aromatic heterocycles. The lowest BCUT2D eigenvalue weighted by Crippen LogP contribution is -2.47. The number of carbonyl (C=O) groups is 1. The lowest BCUT2D eigenvalue weighted by atomic mass is 10.1. The molecule has 1 N–H and O–H groups in total. The highest BCUT2D eigenvalue weighted by atomic mass is 32.1. The van der Waals surface area contributed by atoms with Crippen LogP contribution < -0.4 is 10.2 Å². The largest absolute Gasteiger partial charge is 0.346 e. The highest BCUT2D eigenvalue weighted by molar-refractivity contribution is 7.15. The fourth-order valence-corrected chi connectivity index (χ4v) is 3.34. The lowest BCUT2D eigenvalue weighted by molar-refractivity contribution is 0.0928. The minimum atomic E-state index is -0.0993. The predicted octanol–water partition coefficient (Wildman–Crippen LogP) is 1.58. The van der Waals surface area contributed by atoms with Crippen molar-refractivity contribution in [2.75, 3.05) is 18.0 Å². The quantitative estimate of drug-likeness (QED) is 0.935. The van der Waals surface area contributed by atoms with Crippen LogP contribution in [0.1, 0.15) is 28.2 Å². The molecular weight excluding hydrogens is 286 g/mol. The van der Waals surface area contributed by atoms with Crippen molar-refractivity contribution in [1.82, 2.24) is 19.9 Å². The zero-order valence-electron chi connectivity index (χ0n) is 12.2. The van der Waals surface area contributed by atoms with Gasteiger partial charge in [0.1, 0.15) is 5.69 Å². The Morgan fingerprint density at radius 3 is 3.00 bits per heavy atom. The van der Waals surface area contributed by atoms with Crippen LogP contribution in [0.4, 0.5) is 5.13 Å². The molecule has 1 unspecified atom stereocenters. The highest BCUT2D eigenvalue weighted by Gasteiger charge is 2.24. The van der Waals surface area contributed by atoms with E-state index in [4.69, 9.17) is 0 Å². The van der Waals surface area contributed by atoms with Crippen LogP contribution in [0.5, 0.6) is 0 Å². The third kappa shape index (κ3) is 3.24. The Hall–Kier alpha value is -1.89. The number of nitrogens with one attached hydrogen (secondary N) is 1. The molecule has 1 atom stereocenters. The number of aromatic nitrogens is 3. The van der Waals surface area contributed by atoms with Gasteiger partial charge in [0.25, 0.3) is 5.91 Å². The summed E-state index contributed by atoms with van der Waals surface area (Å²) in [6, 6.07) is 0.150. The summed E-state index contributed by atoms with van der Waals surface area (Å²) in [5.74, 6) is -0.0993. The number of aryl methyl sites for hydroxylation is 2. The van der Waals surface area contributed by atoms with Gasteiger partial charge in [0, 0.05) is 43.4 Å². The topological polar surface area (TPSA) is 63.1 Å². The van der Waals surface area contributed by atoms with Gasteiger partial charge in [-0.1, -0.05) is 0 Å². The molecule has 112 valence electrons. The van der Waals surface area contributed by atoms with Crippen LogP contribution in [0, 0.1) is 6.92 Å². The minimum Gasteiger partial charge on any atom is -0.346 e. The van der Waals surface area contributed by atoms with Gasteiger partial charge in [-0.15, -0.1) is 11.3 Å². The van der Waals surface area contributed by atoms with Crippen molar-refractivity contribution >= 4 is 22.4 Å². The van der Waals surface area contributed by atoms with Gasteiger partial charge in [-0.05, 0) is 19.8 Å². The normalized spacial score (nSPS) is 18.8. The summed E-state index contributed by atoms with van der Waals surface area (Å²) >= 11 is 1.70. The Labute approximate surface area is 127 Å². The first kappa shape index (κ1) is 14.1. The molecule has 0 bridgehead atoms. The van der Waals surface area contributed by atoms with Gasteiger partial charge in [-0.3, -0.25) is 4.79 Å². The van der Waals surface area contributed by atoms with E-state index in [1.807, 2.05) is 13.2 Å². The molecule has 0 radical (unpaired) electrons. The number of piperidine rings is 1. The van der Waals surface area contributed by atoms with Crippen molar-refractivity contribution in [3.63, 3.8) is 0 Å². The monoisotopic (exact) mass is 305 g/mol. The lowest BCUT2D eigenvalue weighted by Gasteiger charge is -2.32. The van der Waals surface area contributed by atoms with E-state index >= 15 is 0 Å². The van der Waals surface area contributed by atoms with Crippen molar-refractivity contribution < 1.29 is 4.79 Å². The van der Waals surface area contributed by atoms with E-state index in [0.717, 1.165) is 31.1 Å². The van der Waals surface area contributed by atoms with E-state index in [1.54, 1.807) is 28.4 Å². The van der Waals surface area contributed by atoms with Gasteiger partial charge < -0.3 is 14.8 Å². The molecule has 6 nitrogen and oxygen atoms in total. The summed E-state index contributed by atoms with van der Waals surface area (Å²) in [6.45, 7) is 3.87. The first-order valence-electron chi connectivity index (χ1n) is 7.08. The van der Waals surface area contributed by atoms with Crippen molar-refractivity contribution in [2.45, 2.75) is 25.8 Å². The average Bonchev–Trinajstić information content (AvgIpc) is 3.08. The van der Waals surface area contributed by atoms with E-state index in [9.17, 15) is 4.79 Å². The molecular formula is C14H19N5OS. The van der Waals surface area contributed by atoms with Gasteiger partial charge in [0.2, 0.25) is 0 Å². The molecule has 3 heterocycles. The maximum Gasteiger partial charge on any atom is 0.271 e.